The van der Waals surface area contributed by atoms with Crippen LogP contribution in [0.3, 0.4) is 0 Å². The predicted octanol–water partition coefficient (Wildman–Crippen LogP) is 3.61. The van der Waals surface area contributed by atoms with Crippen molar-refractivity contribution < 1.29 is 18.0 Å². The summed E-state index contributed by atoms with van der Waals surface area (Å²) in [5.74, 6) is -3.41. The Kier molecular flexibility index (Phi) is 8.05. The molecule has 0 saturated heterocycles. The second kappa shape index (κ2) is 10.1. The van der Waals surface area contributed by atoms with Gasteiger partial charge in [-0.2, -0.15) is 0 Å². The lowest BCUT2D eigenvalue weighted by Gasteiger charge is -2.25. The van der Waals surface area contributed by atoms with Gasteiger partial charge < -0.3 is 16.8 Å². The van der Waals surface area contributed by atoms with Crippen molar-refractivity contribution in [3.05, 3.63) is 70.0 Å². The van der Waals surface area contributed by atoms with Gasteiger partial charge in [0.2, 0.25) is 0 Å². The van der Waals surface area contributed by atoms with Gasteiger partial charge in [0.1, 0.15) is 12.0 Å². The fourth-order valence-electron chi connectivity index (χ4n) is 2.67. The molecule has 0 aliphatic carbocycles. The van der Waals surface area contributed by atoms with Crippen molar-refractivity contribution in [2.24, 2.45) is 16.5 Å². The van der Waals surface area contributed by atoms with Gasteiger partial charge in [-0.05, 0) is 62.7 Å². The molecule has 0 fully saturated rings. The highest BCUT2D eigenvalue weighted by Crippen LogP contribution is 2.21. The summed E-state index contributed by atoms with van der Waals surface area (Å²) < 4.78 is 40.1. The summed E-state index contributed by atoms with van der Waals surface area (Å²) in [5.41, 5.74) is 12.0. The molecule has 2 atom stereocenters. The molecule has 31 heavy (non-hydrogen) atoms. The molecule has 2 rings (SSSR count). The number of carbonyl (C=O) groups is 1. The molecule has 6 nitrogen and oxygen atoms in total. The van der Waals surface area contributed by atoms with E-state index in [9.17, 15) is 18.0 Å². The first-order valence-electron chi connectivity index (χ1n) is 9.43. The zero-order chi connectivity index (χ0) is 23.3. The summed E-state index contributed by atoms with van der Waals surface area (Å²) in [6.45, 7) is 5.49. The second-order valence-corrected chi connectivity index (χ2v) is 8.48. The Labute approximate surface area is 183 Å². The highest BCUT2D eigenvalue weighted by molar-refractivity contribution is 6.30. The standard InChI is InChI=1S/C21H25ClF3N5O/c1-21(2,3)30-20(29-19(31)11-4-5-15(24)16(25)8-11)28-18(27)10-17(26)12-6-13(22)9-14(23)7-12/h4-9,17-18H,10,26-27H2,1-3H3,(H2,28,29,30,31). The minimum Gasteiger partial charge on any atom is -0.351 e. The molecular formula is C21H25ClF3N5O. The number of nitrogens with zero attached hydrogens (tertiary/aromatic N) is 1. The van der Waals surface area contributed by atoms with E-state index in [0.717, 1.165) is 24.3 Å². The van der Waals surface area contributed by atoms with E-state index in [4.69, 9.17) is 23.1 Å². The van der Waals surface area contributed by atoms with Crippen LogP contribution in [0.2, 0.25) is 5.02 Å². The number of amides is 1. The van der Waals surface area contributed by atoms with Crippen molar-refractivity contribution in [3.8, 4) is 0 Å². The number of carbonyl (C=O) groups excluding carboxylic acids is 1. The van der Waals surface area contributed by atoms with E-state index in [1.807, 2.05) is 20.8 Å². The lowest BCUT2D eigenvalue weighted by Crippen LogP contribution is -2.50. The van der Waals surface area contributed by atoms with Gasteiger partial charge in [0.25, 0.3) is 5.91 Å². The van der Waals surface area contributed by atoms with Crippen molar-refractivity contribution in [2.45, 2.75) is 44.9 Å². The molecule has 0 bridgehead atoms. The van der Waals surface area contributed by atoms with Crippen LogP contribution < -0.4 is 22.1 Å². The van der Waals surface area contributed by atoms with E-state index in [0.29, 0.717) is 5.56 Å². The van der Waals surface area contributed by atoms with E-state index in [1.165, 1.54) is 12.1 Å². The summed E-state index contributed by atoms with van der Waals surface area (Å²) in [7, 11) is 0. The topological polar surface area (TPSA) is 106 Å². The van der Waals surface area contributed by atoms with Gasteiger partial charge in [-0.1, -0.05) is 11.6 Å². The normalized spacial score (nSPS) is 14.2. The van der Waals surface area contributed by atoms with Gasteiger partial charge in [-0.3, -0.25) is 10.1 Å². The Hall–Kier alpha value is -2.62. The fraction of sp³-hybridized carbons (Fsp3) is 0.333. The molecule has 0 aliphatic rings. The molecule has 0 aliphatic heterocycles. The van der Waals surface area contributed by atoms with Crippen molar-refractivity contribution in [1.82, 2.24) is 10.6 Å². The molecule has 2 aromatic rings. The molecule has 6 N–H and O–H groups in total. The summed E-state index contributed by atoms with van der Waals surface area (Å²) in [6, 6.07) is 6.07. The number of hydrogen-bond donors (Lipinski definition) is 4. The van der Waals surface area contributed by atoms with Crippen LogP contribution in [0.25, 0.3) is 0 Å². The number of aliphatic imine (C=N–C) groups is 1. The SMILES string of the molecule is CC(C)(C)NC(=NC(N)CC(N)c1cc(F)cc(Cl)c1)NC(=O)c1ccc(F)c(F)c1. The van der Waals surface area contributed by atoms with Crippen molar-refractivity contribution in [2.75, 3.05) is 0 Å². The van der Waals surface area contributed by atoms with Crippen molar-refractivity contribution >= 4 is 23.5 Å². The second-order valence-electron chi connectivity index (χ2n) is 8.05. The first-order chi connectivity index (χ1) is 14.3. The molecule has 0 spiro atoms. The highest BCUT2D eigenvalue weighted by atomic mass is 35.5. The van der Waals surface area contributed by atoms with Gasteiger partial charge in [-0.25, -0.2) is 18.2 Å². The highest BCUT2D eigenvalue weighted by Gasteiger charge is 2.19. The third kappa shape index (κ3) is 7.86. The zero-order valence-corrected chi connectivity index (χ0v) is 18.1. The van der Waals surface area contributed by atoms with Crippen molar-refractivity contribution in [3.63, 3.8) is 0 Å². The Morgan fingerprint density at radius 3 is 2.35 bits per heavy atom. The smallest absolute Gasteiger partial charge is 0.258 e. The number of guanidine groups is 1. The van der Waals surface area contributed by atoms with Crippen LogP contribution in [-0.4, -0.2) is 23.6 Å². The van der Waals surface area contributed by atoms with Gasteiger partial charge in [0, 0.05) is 28.6 Å². The fourth-order valence-corrected chi connectivity index (χ4v) is 2.90. The maximum absolute atomic E-state index is 13.6. The molecule has 0 aromatic heterocycles. The summed E-state index contributed by atoms with van der Waals surface area (Å²) in [5, 5.41) is 5.71. The van der Waals surface area contributed by atoms with Gasteiger partial charge in [0.15, 0.2) is 17.6 Å². The summed E-state index contributed by atoms with van der Waals surface area (Å²) in [6.07, 6.45) is -0.747. The lowest BCUT2D eigenvalue weighted by atomic mass is 10.0. The number of hydrogen-bond acceptors (Lipinski definition) is 4. The predicted molar refractivity (Wildman–Crippen MR) is 115 cm³/mol. The molecule has 0 heterocycles. The maximum Gasteiger partial charge on any atom is 0.258 e. The number of nitrogens with two attached hydrogens (primary N) is 2. The van der Waals surface area contributed by atoms with E-state index in [2.05, 4.69) is 15.6 Å². The number of halogens is 4. The first-order valence-corrected chi connectivity index (χ1v) is 9.81. The molecule has 10 heteroatoms. The van der Waals surface area contributed by atoms with Crippen LogP contribution in [0.15, 0.2) is 41.4 Å². The largest absolute Gasteiger partial charge is 0.351 e. The molecule has 2 aromatic carbocycles. The lowest BCUT2D eigenvalue weighted by molar-refractivity contribution is 0.0974. The summed E-state index contributed by atoms with van der Waals surface area (Å²) >= 11 is 5.86. The van der Waals surface area contributed by atoms with Crippen LogP contribution >= 0.6 is 11.6 Å². The van der Waals surface area contributed by atoms with Gasteiger partial charge >= 0.3 is 0 Å². The monoisotopic (exact) mass is 455 g/mol. The third-order valence-electron chi connectivity index (χ3n) is 4.01. The average molecular weight is 456 g/mol. The molecule has 0 radical (unpaired) electrons. The van der Waals surface area contributed by atoms with E-state index >= 15 is 0 Å². The zero-order valence-electron chi connectivity index (χ0n) is 17.3. The number of rotatable bonds is 5. The Bertz CT molecular complexity index is 958. The molecule has 168 valence electrons. The Morgan fingerprint density at radius 2 is 1.77 bits per heavy atom. The summed E-state index contributed by atoms with van der Waals surface area (Å²) in [4.78, 5) is 16.7. The van der Waals surface area contributed by atoms with Crippen LogP contribution in [0.4, 0.5) is 13.2 Å². The van der Waals surface area contributed by atoms with E-state index < -0.39 is 41.1 Å². The van der Waals surface area contributed by atoms with Crippen LogP contribution in [0, 0.1) is 17.5 Å². The Morgan fingerprint density at radius 1 is 1.10 bits per heavy atom. The van der Waals surface area contributed by atoms with Crippen LogP contribution in [0.5, 0.6) is 0 Å². The quantitative estimate of drug-likeness (QED) is 0.408. The number of nitrogens with one attached hydrogen (secondary N) is 2. The molecular weight excluding hydrogens is 431 g/mol. The van der Waals surface area contributed by atoms with Crippen LogP contribution in [-0.2, 0) is 0 Å². The van der Waals surface area contributed by atoms with E-state index in [1.54, 1.807) is 0 Å². The van der Waals surface area contributed by atoms with Gasteiger partial charge in [0.05, 0.1) is 0 Å². The Balaban J connectivity index is 2.18. The van der Waals surface area contributed by atoms with Crippen LogP contribution in [0.1, 0.15) is 49.2 Å². The van der Waals surface area contributed by atoms with Gasteiger partial charge in [-0.15, -0.1) is 0 Å². The first kappa shape index (κ1) is 24.6. The minimum atomic E-state index is -1.15. The molecule has 2 unspecified atom stereocenters. The third-order valence-corrected chi connectivity index (χ3v) is 4.23. The molecule has 1 amide bonds. The van der Waals surface area contributed by atoms with E-state index in [-0.39, 0.29) is 23.0 Å². The average Bonchev–Trinajstić information content (AvgIpc) is 2.61. The maximum atomic E-state index is 13.6. The minimum absolute atomic E-state index is 0.0270. The number of benzene rings is 2. The van der Waals surface area contributed by atoms with Crippen molar-refractivity contribution in [1.29, 1.82) is 0 Å². The molecule has 0 saturated carbocycles.